The highest BCUT2D eigenvalue weighted by molar-refractivity contribution is 6.01. The van der Waals surface area contributed by atoms with Gasteiger partial charge in [0.2, 0.25) is 0 Å². The van der Waals surface area contributed by atoms with Gasteiger partial charge in [-0.1, -0.05) is 30.3 Å². The Kier molecular flexibility index (Phi) is 3.88. The van der Waals surface area contributed by atoms with Gasteiger partial charge in [0, 0.05) is 11.6 Å². The third kappa shape index (κ3) is 2.90. The molecule has 0 saturated carbocycles. The van der Waals surface area contributed by atoms with Gasteiger partial charge in [-0.2, -0.15) is 0 Å². The molecule has 0 bridgehead atoms. The van der Waals surface area contributed by atoms with Crippen molar-refractivity contribution in [3.63, 3.8) is 0 Å². The van der Waals surface area contributed by atoms with Crippen LogP contribution in [0.3, 0.4) is 0 Å². The van der Waals surface area contributed by atoms with E-state index in [4.69, 9.17) is 9.57 Å². The van der Waals surface area contributed by atoms with Crippen LogP contribution in [0, 0.1) is 0 Å². The molecule has 1 aliphatic carbocycles. The average Bonchev–Trinajstić information content (AvgIpc) is 2.55. The summed E-state index contributed by atoms with van der Waals surface area (Å²) in [4.78, 5) is 18.0. The van der Waals surface area contributed by atoms with E-state index in [1.165, 1.54) is 0 Å². The first-order valence-corrected chi connectivity index (χ1v) is 6.96. The SMILES string of the molecule is COc1cccc(NOC2CCc3ccccc3C2=O)c1. The fraction of sp³-hybridized carbons (Fsp3) is 0.235. The van der Waals surface area contributed by atoms with Crippen LogP contribution >= 0.6 is 0 Å². The van der Waals surface area contributed by atoms with E-state index < -0.39 is 6.10 Å². The van der Waals surface area contributed by atoms with Crippen molar-refractivity contribution in [3.8, 4) is 5.75 Å². The molecule has 1 aliphatic rings. The second kappa shape index (κ2) is 5.97. The Labute approximate surface area is 123 Å². The highest BCUT2D eigenvalue weighted by Crippen LogP contribution is 2.24. The highest BCUT2D eigenvalue weighted by Gasteiger charge is 2.28. The number of fused-ring (bicyclic) bond motifs is 1. The molecule has 2 aromatic carbocycles. The van der Waals surface area contributed by atoms with Crippen LogP contribution in [0.4, 0.5) is 5.69 Å². The van der Waals surface area contributed by atoms with E-state index in [0.717, 1.165) is 29.0 Å². The van der Waals surface area contributed by atoms with Crippen molar-refractivity contribution >= 4 is 11.5 Å². The number of anilines is 1. The largest absolute Gasteiger partial charge is 0.497 e. The number of rotatable bonds is 4. The lowest BCUT2D eigenvalue weighted by Gasteiger charge is -2.23. The van der Waals surface area contributed by atoms with Crippen molar-refractivity contribution in [2.45, 2.75) is 18.9 Å². The Morgan fingerprint density at radius 1 is 1.14 bits per heavy atom. The van der Waals surface area contributed by atoms with Crippen LogP contribution in [-0.4, -0.2) is 19.0 Å². The van der Waals surface area contributed by atoms with Crippen LogP contribution in [0.25, 0.3) is 0 Å². The smallest absolute Gasteiger partial charge is 0.194 e. The molecule has 1 atom stereocenters. The lowest BCUT2D eigenvalue weighted by molar-refractivity contribution is 0.0550. The topological polar surface area (TPSA) is 47.6 Å². The third-order valence-electron chi connectivity index (χ3n) is 3.64. The average molecular weight is 283 g/mol. The molecule has 0 amide bonds. The number of carbonyl (C=O) groups is 1. The molecule has 0 saturated heterocycles. The zero-order chi connectivity index (χ0) is 14.7. The molecule has 0 fully saturated rings. The maximum absolute atomic E-state index is 12.4. The van der Waals surface area contributed by atoms with Crippen LogP contribution in [0.2, 0.25) is 0 Å². The Morgan fingerprint density at radius 3 is 2.86 bits per heavy atom. The normalized spacial score (nSPS) is 17.2. The van der Waals surface area contributed by atoms with Crippen LogP contribution in [0.1, 0.15) is 22.3 Å². The minimum Gasteiger partial charge on any atom is -0.497 e. The first-order valence-electron chi connectivity index (χ1n) is 6.96. The van der Waals surface area contributed by atoms with Gasteiger partial charge in [-0.3, -0.25) is 15.1 Å². The number of carbonyl (C=O) groups excluding carboxylic acids is 1. The predicted molar refractivity (Wildman–Crippen MR) is 80.6 cm³/mol. The summed E-state index contributed by atoms with van der Waals surface area (Å²) < 4.78 is 5.15. The summed E-state index contributed by atoms with van der Waals surface area (Å²) in [5.41, 5.74) is 5.48. The Hall–Kier alpha value is -2.33. The summed E-state index contributed by atoms with van der Waals surface area (Å²) >= 11 is 0. The minimum absolute atomic E-state index is 0.0345. The van der Waals surface area contributed by atoms with E-state index >= 15 is 0 Å². The molecular formula is C17H17NO3. The summed E-state index contributed by atoms with van der Waals surface area (Å²) in [5.74, 6) is 0.774. The van der Waals surface area contributed by atoms with E-state index in [2.05, 4.69) is 5.48 Å². The van der Waals surface area contributed by atoms with Crippen molar-refractivity contribution < 1.29 is 14.4 Å². The Balaban J connectivity index is 1.68. The number of nitrogens with one attached hydrogen (secondary N) is 1. The van der Waals surface area contributed by atoms with Crippen LogP contribution in [-0.2, 0) is 11.3 Å². The van der Waals surface area contributed by atoms with Gasteiger partial charge in [0.15, 0.2) is 5.78 Å². The van der Waals surface area contributed by atoms with E-state index in [9.17, 15) is 4.79 Å². The van der Waals surface area contributed by atoms with Gasteiger partial charge in [0.1, 0.15) is 11.9 Å². The number of hydrogen-bond acceptors (Lipinski definition) is 4. The summed E-state index contributed by atoms with van der Waals surface area (Å²) in [6.07, 6.45) is 1.09. The number of aryl methyl sites for hydroxylation is 1. The molecule has 108 valence electrons. The lowest BCUT2D eigenvalue weighted by atomic mass is 9.89. The van der Waals surface area contributed by atoms with Crippen LogP contribution in [0.5, 0.6) is 5.75 Å². The molecule has 4 heteroatoms. The summed E-state index contributed by atoms with van der Waals surface area (Å²) in [5, 5.41) is 0. The lowest BCUT2D eigenvalue weighted by Crippen LogP contribution is -2.31. The molecule has 1 N–H and O–H groups in total. The quantitative estimate of drug-likeness (QED) is 0.875. The van der Waals surface area contributed by atoms with Crippen molar-refractivity contribution in [1.29, 1.82) is 0 Å². The molecule has 21 heavy (non-hydrogen) atoms. The van der Waals surface area contributed by atoms with Crippen molar-refractivity contribution in [3.05, 3.63) is 59.7 Å². The molecule has 3 rings (SSSR count). The maximum Gasteiger partial charge on any atom is 0.194 e. The zero-order valence-electron chi connectivity index (χ0n) is 11.8. The van der Waals surface area contributed by atoms with Gasteiger partial charge in [-0.05, 0) is 30.5 Å². The van der Waals surface area contributed by atoms with Gasteiger partial charge < -0.3 is 4.74 Å². The van der Waals surface area contributed by atoms with Crippen molar-refractivity contribution in [1.82, 2.24) is 0 Å². The van der Waals surface area contributed by atoms with Crippen LogP contribution in [0.15, 0.2) is 48.5 Å². The first-order chi connectivity index (χ1) is 10.3. The summed E-state index contributed by atoms with van der Waals surface area (Å²) in [7, 11) is 1.61. The molecule has 2 aromatic rings. The molecule has 0 aliphatic heterocycles. The number of Topliss-reactive ketones (excluding diaryl/α,β-unsaturated/α-hetero) is 1. The molecule has 0 heterocycles. The predicted octanol–water partition coefficient (Wildman–Crippen LogP) is 3.24. The second-order valence-corrected chi connectivity index (χ2v) is 5.00. The number of methoxy groups -OCH3 is 1. The van der Waals surface area contributed by atoms with E-state index in [1.54, 1.807) is 7.11 Å². The number of ketones is 1. The Bertz CT molecular complexity index is 654. The fourth-order valence-corrected chi connectivity index (χ4v) is 2.51. The van der Waals surface area contributed by atoms with E-state index in [-0.39, 0.29) is 5.78 Å². The molecular weight excluding hydrogens is 266 g/mol. The van der Waals surface area contributed by atoms with Gasteiger partial charge >= 0.3 is 0 Å². The van der Waals surface area contributed by atoms with Crippen LogP contribution < -0.4 is 10.2 Å². The molecule has 0 spiro atoms. The number of hydrogen-bond donors (Lipinski definition) is 1. The minimum atomic E-state index is -0.453. The number of ether oxygens (including phenoxy) is 1. The molecule has 0 aromatic heterocycles. The van der Waals surface area contributed by atoms with E-state index in [1.807, 2.05) is 48.5 Å². The standard InChI is InChI=1S/C17H17NO3/c1-20-14-7-4-6-13(11-14)18-21-16-10-9-12-5-2-3-8-15(12)17(16)19/h2-8,11,16,18H,9-10H2,1H3. The molecule has 4 nitrogen and oxygen atoms in total. The van der Waals surface area contributed by atoms with E-state index in [0.29, 0.717) is 6.42 Å². The Morgan fingerprint density at radius 2 is 2.00 bits per heavy atom. The summed E-state index contributed by atoms with van der Waals surface area (Å²) in [6, 6.07) is 15.1. The highest BCUT2D eigenvalue weighted by atomic mass is 16.7. The fourth-order valence-electron chi connectivity index (χ4n) is 2.51. The number of benzene rings is 2. The molecule has 1 unspecified atom stereocenters. The zero-order valence-corrected chi connectivity index (χ0v) is 11.8. The van der Waals surface area contributed by atoms with Gasteiger partial charge in [0.25, 0.3) is 0 Å². The van der Waals surface area contributed by atoms with Crippen molar-refractivity contribution in [2.24, 2.45) is 0 Å². The van der Waals surface area contributed by atoms with Crippen molar-refractivity contribution in [2.75, 3.05) is 12.6 Å². The van der Waals surface area contributed by atoms with Gasteiger partial charge in [0.05, 0.1) is 12.8 Å². The summed E-state index contributed by atoms with van der Waals surface area (Å²) in [6.45, 7) is 0. The monoisotopic (exact) mass is 283 g/mol. The second-order valence-electron chi connectivity index (χ2n) is 5.00. The van der Waals surface area contributed by atoms with Gasteiger partial charge in [-0.15, -0.1) is 0 Å². The maximum atomic E-state index is 12.4. The molecule has 0 radical (unpaired) electrons. The first kappa shape index (κ1) is 13.6. The van der Waals surface area contributed by atoms with Gasteiger partial charge in [-0.25, -0.2) is 0 Å². The third-order valence-corrected chi connectivity index (χ3v) is 3.64.